The molecule has 0 unspecified atom stereocenters. The normalized spacial score (nSPS) is 10.7. The van der Waals surface area contributed by atoms with Crippen LogP contribution >= 0.6 is 23.4 Å². The summed E-state index contributed by atoms with van der Waals surface area (Å²) in [5.41, 5.74) is 1.74. The molecule has 100 valence electrons. The van der Waals surface area contributed by atoms with Crippen molar-refractivity contribution in [3.05, 3.63) is 53.6 Å². The average Bonchev–Trinajstić information content (AvgIpc) is 2.96. The molecule has 0 amide bonds. The molecule has 0 aliphatic heterocycles. The van der Waals surface area contributed by atoms with Crippen molar-refractivity contribution in [2.24, 2.45) is 0 Å². The van der Waals surface area contributed by atoms with E-state index in [0.717, 1.165) is 11.4 Å². The molecule has 0 aliphatic rings. The van der Waals surface area contributed by atoms with Gasteiger partial charge in [0.25, 0.3) is 0 Å². The van der Waals surface area contributed by atoms with Gasteiger partial charge in [-0.05, 0) is 22.6 Å². The Labute approximate surface area is 124 Å². The number of hydrogen-bond donors (Lipinski definition) is 0. The van der Waals surface area contributed by atoms with E-state index in [1.807, 2.05) is 30.3 Å². The molecule has 8 heteroatoms. The average molecular weight is 305 g/mol. The molecule has 1 aromatic carbocycles. The van der Waals surface area contributed by atoms with E-state index >= 15 is 0 Å². The van der Waals surface area contributed by atoms with Crippen molar-refractivity contribution in [2.45, 2.75) is 10.9 Å². The lowest BCUT2D eigenvalue weighted by atomic mass is 10.3. The topological polar surface area (TPSA) is 69.4 Å². The predicted octanol–water partition coefficient (Wildman–Crippen LogP) is 2.40. The van der Waals surface area contributed by atoms with Gasteiger partial charge in [-0.3, -0.25) is 4.98 Å². The van der Waals surface area contributed by atoms with Crippen LogP contribution in [0.4, 0.5) is 0 Å². The Morgan fingerprint density at radius 1 is 1.10 bits per heavy atom. The molecule has 0 atom stereocenters. The summed E-state index contributed by atoms with van der Waals surface area (Å²) in [4.78, 5) is 8.18. The Balaban J connectivity index is 1.76. The number of tetrazole rings is 1. The number of nitrogens with zero attached hydrogens (tertiary/aromatic N) is 6. The molecule has 0 aliphatic carbocycles. The molecule has 3 rings (SSSR count). The Morgan fingerprint density at radius 3 is 2.70 bits per heavy atom. The second-order valence-corrected chi connectivity index (χ2v) is 5.16. The molecular weight excluding hydrogens is 296 g/mol. The van der Waals surface area contributed by atoms with Crippen LogP contribution in [0.25, 0.3) is 5.69 Å². The smallest absolute Gasteiger partial charge is 0.214 e. The zero-order valence-electron chi connectivity index (χ0n) is 10.2. The minimum Gasteiger partial charge on any atom is -0.256 e. The van der Waals surface area contributed by atoms with Crippen molar-refractivity contribution in [1.82, 2.24) is 30.2 Å². The van der Waals surface area contributed by atoms with Crippen LogP contribution in [-0.2, 0) is 5.75 Å². The number of thioether (sulfide) groups is 1. The Kier molecular flexibility index (Phi) is 3.89. The zero-order chi connectivity index (χ0) is 13.8. The van der Waals surface area contributed by atoms with Crippen LogP contribution in [0.5, 0.6) is 0 Å². The quantitative estimate of drug-likeness (QED) is 0.689. The van der Waals surface area contributed by atoms with Gasteiger partial charge in [0.1, 0.15) is 5.15 Å². The van der Waals surface area contributed by atoms with E-state index in [4.69, 9.17) is 11.6 Å². The summed E-state index contributed by atoms with van der Waals surface area (Å²) in [6.45, 7) is 0. The number of hydrogen-bond acceptors (Lipinski definition) is 6. The van der Waals surface area contributed by atoms with Crippen LogP contribution in [0.1, 0.15) is 5.69 Å². The molecule has 3 aromatic rings. The molecule has 0 radical (unpaired) electrons. The van der Waals surface area contributed by atoms with Crippen LogP contribution in [0.15, 0.2) is 47.9 Å². The number of halogens is 1. The van der Waals surface area contributed by atoms with Gasteiger partial charge in [-0.1, -0.05) is 41.6 Å². The van der Waals surface area contributed by atoms with E-state index in [-0.39, 0.29) is 0 Å². The SMILES string of the molecule is Clc1cnc(CSc2nnnn2-c2ccccc2)cn1. The van der Waals surface area contributed by atoms with Crippen molar-refractivity contribution in [3.63, 3.8) is 0 Å². The number of rotatable bonds is 4. The second kappa shape index (κ2) is 5.98. The highest BCUT2D eigenvalue weighted by atomic mass is 35.5. The van der Waals surface area contributed by atoms with Gasteiger partial charge in [0.2, 0.25) is 5.16 Å². The van der Waals surface area contributed by atoms with E-state index in [2.05, 4.69) is 25.5 Å². The highest BCUT2D eigenvalue weighted by Gasteiger charge is 2.09. The third-order valence-corrected chi connectivity index (χ3v) is 3.61. The number of para-hydroxylation sites is 1. The summed E-state index contributed by atoms with van der Waals surface area (Å²) in [6, 6.07) is 9.72. The summed E-state index contributed by atoms with van der Waals surface area (Å²) < 4.78 is 1.69. The van der Waals surface area contributed by atoms with E-state index < -0.39 is 0 Å². The van der Waals surface area contributed by atoms with Gasteiger partial charge in [-0.25, -0.2) is 4.98 Å². The molecule has 0 N–H and O–H groups in total. The fourth-order valence-electron chi connectivity index (χ4n) is 1.55. The molecule has 2 aromatic heterocycles. The maximum absolute atomic E-state index is 5.70. The van der Waals surface area contributed by atoms with Gasteiger partial charge in [0, 0.05) is 5.75 Å². The fourth-order valence-corrected chi connectivity index (χ4v) is 2.43. The summed E-state index contributed by atoms with van der Waals surface area (Å²) in [5.74, 6) is 0.622. The number of aromatic nitrogens is 6. The van der Waals surface area contributed by atoms with Gasteiger partial charge in [0.15, 0.2) is 0 Å². The van der Waals surface area contributed by atoms with Crippen LogP contribution in [0.2, 0.25) is 5.15 Å². The van der Waals surface area contributed by atoms with Crippen molar-refractivity contribution in [1.29, 1.82) is 0 Å². The van der Waals surface area contributed by atoms with Gasteiger partial charge in [-0.15, -0.1) is 5.10 Å². The molecule has 6 nitrogen and oxygen atoms in total. The highest BCUT2D eigenvalue weighted by Crippen LogP contribution is 2.21. The third-order valence-electron chi connectivity index (χ3n) is 2.46. The lowest BCUT2D eigenvalue weighted by Crippen LogP contribution is -1.99. The van der Waals surface area contributed by atoms with Gasteiger partial charge < -0.3 is 0 Å². The monoisotopic (exact) mass is 304 g/mol. The second-order valence-electron chi connectivity index (χ2n) is 3.83. The van der Waals surface area contributed by atoms with Crippen molar-refractivity contribution in [2.75, 3.05) is 0 Å². The molecule has 0 spiro atoms. The van der Waals surface area contributed by atoms with Gasteiger partial charge in [0.05, 0.1) is 23.8 Å². The minimum absolute atomic E-state index is 0.382. The first kappa shape index (κ1) is 13.0. The molecule has 0 saturated carbocycles. The summed E-state index contributed by atoms with van der Waals surface area (Å²) >= 11 is 7.19. The standard InChI is InChI=1S/C12H9ClN6S/c13-11-7-14-9(6-15-11)8-20-12-16-17-18-19(12)10-4-2-1-3-5-10/h1-7H,8H2. The van der Waals surface area contributed by atoms with Crippen molar-refractivity contribution in [3.8, 4) is 5.69 Å². The third kappa shape index (κ3) is 2.94. The van der Waals surface area contributed by atoms with E-state index in [1.54, 1.807) is 10.9 Å². The number of benzene rings is 1. The Bertz CT molecular complexity index is 685. The van der Waals surface area contributed by atoms with Crippen LogP contribution in [-0.4, -0.2) is 30.2 Å². The predicted molar refractivity (Wildman–Crippen MR) is 75.8 cm³/mol. The van der Waals surface area contributed by atoms with Crippen LogP contribution in [0.3, 0.4) is 0 Å². The Morgan fingerprint density at radius 2 is 1.95 bits per heavy atom. The fraction of sp³-hybridized carbons (Fsp3) is 0.0833. The largest absolute Gasteiger partial charge is 0.256 e. The van der Waals surface area contributed by atoms with Crippen molar-refractivity contribution < 1.29 is 0 Å². The highest BCUT2D eigenvalue weighted by molar-refractivity contribution is 7.98. The molecular formula is C12H9ClN6S. The summed E-state index contributed by atoms with van der Waals surface area (Å²) in [7, 11) is 0. The van der Waals surface area contributed by atoms with E-state index in [9.17, 15) is 0 Å². The summed E-state index contributed by atoms with van der Waals surface area (Å²) in [6.07, 6.45) is 3.17. The maximum Gasteiger partial charge on any atom is 0.214 e. The zero-order valence-corrected chi connectivity index (χ0v) is 11.8. The molecule has 0 saturated heterocycles. The molecule has 20 heavy (non-hydrogen) atoms. The molecule has 2 heterocycles. The van der Waals surface area contributed by atoms with E-state index in [0.29, 0.717) is 16.1 Å². The van der Waals surface area contributed by atoms with Crippen LogP contribution in [0, 0.1) is 0 Å². The van der Waals surface area contributed by atoms with Crippen LogP contribution < -0.4 is 0 Å². The van der Waals surface area contributed by atoms with E-state index in [1.165, 1.54) is 18.0 Å². The van der Waals surface area contributed by atoms with Gasteiger partial charge in [-0.2, -0.15) is 4.68 Å². The maximum atomic E-state index is 5.70. The van der Waals surface area contributed by atoms with Crippen molar-refractivity contribution >= 4 is 23.4 Å². The first-order valence-corrected chi connectivity index (χ1v) is 7.12. The lowest BCUT2D eigenvalue weighted by Gasteiger charge is -2.03. The first-order chi connectivity index (χ1) is 9.83. The molecule has 0 fully saturated rings. The summed E-state index contributed by atoms with van der Waals surface area (Å²) in [5, 5.41) is 12.8. The first-order valence-electron chi connectivity index (χ1n) is 5.76. The van der Waals surface area contributed by atoms with Gasteiger partial charge >= 0.3 is 0 Å². The minimum atomic E-state index is 0.382. The lowest BCUT2D eigenvalue weighted by molar-refractivity contribution is 0.756. The molecule has 0 bridgehead atoms. The Hall–Kier alpha value is -1.99.